The predicted octanol–water partition coefficient (Wildman–Crippen LogP) is 6.02. The Morgan fingerprint density at radius 1 is 0.933 bits per heavy atom. The number of benzene rings is 2. The van der Waals surface area contributed by atoms with Gasteiger partial charge >= 0.3 is 0 Å². The first-order chi connectivity index (χ1) is 12.8. The Balaban J connectivity index is -0.000000191. The van der Waals surface area contributed by atoms with E-state index in [2.05, 4.69) is 9.92 Å². The fourth-order valence-electron chi connectivity index (χ4n) is 1.72. The largest absolute Gasteiger partial charge is 0.358 e. The van der Waals surface area contributed by atoms with Crippen LogP contribution in [-0.4, -0.2) is 29.4 Å². The number of nitro benzene ring substituents is 2. The topological polar surface area (TPSA) is 116 Å². The van der Waals surface area contributed by atoms with E-state index < -0.39 is 9.85 Å². The molecule has 8 nitrogen and oxygen atoms in total. The number of aldehydes is 1. The first kappa shape index (κ1) is 36.4. The van der Waals surface area contributed by atoms with Gasteiger partial charge in [0.1, 0.15) is 0 Å². The third kappa shape index (κ3) is 12.7. The van der Waals surface area contributed by atoms with Crippen LogP contribution < -0.4 is 0 Å². The number of aliphatic imine (C=N–C) groups is 1. The van der Waals surface area contributed by atoms with E-state index in [-0.39, 0.29) is 61.5 Å². The van der Waals surface area contributed by atoms with E-state index in [1.54, 1.807) is 7.05 Å². The molecule has 0 N–H and O–H groups in total. The first-order valence-electron chi connectivity index (χ1n) is 6.82. The van der Waals surface area contributed by atoms with Crippen LogP contribution in [0.3, 0.4) is 0 Å². The molecule has 0 atom stereocenters. The van der Waals surface area contributed by atoms with Crippen molar-refractivity contribution in [1.29, 1.82) is 0 Å². The van der Waals surface area contributed by atoms with Gasteiger partial charge < -0.3 is 30.0 Å². The molecular weight excluding hydrogens is 626 g/mol. The molecule has 2 rings (SSSR count). The van der Waals surface area contributed by atoms with Crippen molar-refractivity contribution in [1.82, 2.24) is 0 Å². The molecule has 0 aliphatic rings. The maximum absolute atomic E-state index is 10.5. The normalized spacial score (nSPS) is 8.57. The van der Waals surface area contributed by atoms with Crippen LogP contribution in [0, 0.1) is 32.6 Å². The van der Waals surface area contributed by atoms with Crippen molar-refractivity contribution < 1.29 is 51.8 Å². The number of nitrogens with zero attached hydrogens (tertiary/aromatic N) is 3. The monoisotopic (exact) mass is 641 g/mol. The molecule has 0 aliphatic heterocycles. The summed E-state index contributed by atoms with van der Waals surface area (Å²) in [6.45, 7) is 0. The van der Waals surface area contributed by atoms with Crippen molar-refractivity contribution in [3.05, 3.63) is 90.2 Å². The Morgan fingerprint density at radius 2 is 1.30 bits per heavy atom. The molecule has 13 heteroatoms. The van der Waals surface area contributed by atoms with Crippen molar-refractivity contribution in [3.63, 3.8) is 0 Å². The zero-order valence-electron chi connectivity index (χ0n) is 15.7. The maximum atomic E-state index is 10.5. The molecule has 0 unspecified atom stereocenters. The van der Waals surface area contributed by atoms with Gasteiger partial charge in [0.15, 0.2) is 6.29 Å². The molecule has 0 bridgehead atoms. The Labute approximate surface area is 222 Å². The fourth-order valence-corrected chi connectivity index (χ4v) is 2.08. The zero-order valence-corrected chi connectivity index (χ0v) is 22.2. The summed E-state index contributed by atoms with van der Waals surface area (Å²) in [6, 6.07) is 8.17. The van der Waals surface area contributed by atoms with E-state index in [1.807, 2.05) is 22.6 Å². The minimum atomic E-state index is -0.625. The summed E-state index contributed by atoms with van der Waals surface area (Å²) in [6.07, 6.45) is 1.81. The molecule has 0 aromatic heterocycles. The quantitative estimate of drug-likeness (QED) is 0.101. The van der Waals surface area contributed by atoms with Crippen LogP contribution in [0.1, 0.15) is 15.9 Å². The number of hydrogen-bond donors (Lipinski definition) is 0. The van der Waals surface area contributed by atoms with Crippen LogP contribution in [0.5, 0.6) is 0 Å². The molecule has 162 valence electrons. The summed E-state index contributed by atoms with van der Waals surface area (Å²) < 4.78 is 0. The first-order valence-corrected chi connectivity index (χ1v) is 9.10. The molecular formula is C17H16Cl2IN3O5V2-2. The SMILES string of the molecule is CN=Cc1cc(Cl)ccc1[N+](=O)[O-].O=Cc1cc(Cl)ccc1[N+](=O)[O-].[CH2-]I.[CH3-].[V].[V]. The second kappa shape index (κ2) is 20.0. The summed E-state index contributed by atoms with van der Waals surface area (Å²) in [5, 5.41) is 21.6. The van der Waals surface area contributed by atoms with Crippen LogP contribution in [-0.2, 0) is 37.1 Å². The van der Waals surface area contributed by atoms with E-state index in [9.17, 15) is 25.0 Å². The number of carbonyl (C=O) groups excluding carboxylic acids is 1. The minimum Gasteiger partial charge on any atom is -0.358 e. The standard InChI is InChI=1S/C8H7ClN2O2.C7H4ClNO3.CH2I.CH3.2V/c1-10-5-6-4-7(9)2-3-8(6)11(12)13;8-6-1-2-7(9(11)12)5(3-6)4-10;1-2;;;/h2-5H,1H3;1-4H;1H2;1H3;;/q;;2*-1;;. The van der Waals surface area contributed by atoms with E-state index in [0.29, 0.717) is 21.9 Å². The smallest absolute Gasteiger partial charge is 0.279 e. The molecule has 0 heterocycles. The van der Waals surface area contributed by atoms with Gasteiger partial charge in [-0.2, -0.15) is 0 Å². The molecule has 0 amide bonds. The summed E-state index contributed by atoms with van der Waals surface area (Å²) in [4.78, 5) is 37.0. The van der Waals surface area contributed by atoms with Gasteiger partial charge in [0.2, 0.25) is 0 Å². The molecule has 0 spiro atoms. The number of halogens is 3. The third-order valence-corrected chi connectivity index (χ3v) is 3.24. The Hall–Kier alpha value is -0.941. The van der Waals surface area contributed by atoms with Gasteiger partial charge in [-0.05, 0) is 24.3 Å². The summed E-state index contributed by atoms with van der Waals surface area (Å²) in [5.41, 5.74) is 0.192. The molecule has 30 heavy (non-hydrogen) atoms. The van der Waals surface area contributed by atoms with E-state index in [4.69, 9.17) is 23.2 Å². The number of carbonyl (C=O) groups is 1. The van der Waals surface area contributed by atoms with Crippen molar-refractivity contribution in [2.75, 3.05) is 7.05 Å². The van der Waals surface area contributed by atoms with Crippen LogP contribution in [0.2, 0.25) is 10.0 Å². The average Bonchev–Trinajstić information content (AvgIpc) is 2.63. The third-order valence-electron chi connectivity index (χ3n) is 2.77. The summed E-state index contributed by atoms with van der Waals surface area (Å²) in [5.74, 6) is 0. The van der Waals surface area contributed by atoms with Gasteiger partial charge in [0.05, 0.1) is 21.0 Å². The van der Waals surface area contributed by atoms with E-state index >= 15 is 0 Å². The van der Waals surface area contributed by atoms with Gasteiger partial charge in [-0.3, -0.25) is 34.9 Å². The van der Waals surface area contributed by atoms with Crippen LogP contribution in [0.25, 0.3) is 0 Å². The van der Waals surface area contributed by atoms with E-state index in [1.165, 1.54) is 42.6 Å². The average molecular weight is 642 g/mol. The molecule has 0 aliphatic carbocycles. The molecule has 2 aromatic carbocycles. The van der Waals surface area contributed by atoms with Crippen molar-refractivity contribution in [2.45, 2.75) is 0 Å². The minimum absolute atomic E-state index is 0. The van der Waals surface area contributed by atoms with Crippen LogP contribution in [0.15, 0.2) is 41.4 Å². The fraction of sp³-hybridized carbons (Fsp3) is 0.0588. The molecule has 0 saturated carbocycles. The Kier molecular flexibility index (Phi) is 24.3. The molecule has 0 fully saturated rings. The summed E-state index contributed by atoms with van der Waals surface area (Å²) >= 11 is 13.1. The predicted molar refractivity (Wildman–Crippen MR) is 121 cm³/mol. The van der Waals surface area contributed by atoms with Gasteiger partial charge in [-0.25, -0.2) is 0 Å². The number of rotatable bonds is 4. The Bertz CT molecular complexity index is 858. The Morgan fingerprint density at radius 3 is 1.63 bits per heavy atom. The second-order valence-corrected chi connectivity index (χ2v) is 5.30. The van der Waals surface area contributed by atoms with Crippen LogP contribution in [0.4, 0.5) is 11.4 Å². The van der Waals surface area contributed by atoms with Crippen molar-refractivity contribution in [2.24, 2.45) is 4.99 Å². The zero-order chi connectivity index (χ0) is 21.0. The van der Waals surface area contributed by atoms with Gasteiger partial charge in [-0.15, -0.1) is 0 Å². The molecule has 2 radical (unpaired) electrons. The molecule has 0 saturated heterocycles. The second-order valence-electron chi connectivity index (χ2n) is 4.43. The van der Waals surface area contributed by atoms with Crippen LogP contribution >= 0.6 is 45.8 Å². The van der Waals surface area contributed by atoms with Crippen molar-refractivity contribution >= 4 is 69.7 Å². The maximum Gasteiger partial charge on any atom is 0.279 e. The summed E-state index contributed by atoms with van der Waals surface area (Å²) in [7, 11) is 1.55. The number of hydrogen-bond acceptors (Lipinski definition) is 6. The van der Waals surface area contributed by atoms with Gasteiger partial charge in [0.25, 0.3) is 11.4 Å². The van der Waals surface area contributed by atoms with Crippen molar-refractivity contribution in [3.8, 4) is 0 Å². The van der Waals surface area contributed by atoms with Gasteiger partial charge in [0, 0.05) is 72.6 Å². The van der Waals surface area contributed by atoms with E-state index in [0.717, 1.165) is 0 Å². The molecule has 2 aromatic rings. The number of nitro groups is 2. The van der Waals surface area contributed by atoms with Gasteiger partial charge in [-0.1, -0.05) is 23.2 Å².